The average molecular weight is 490 g/mol. The van der Waals surface area contributed by atoms with Crippen LogP contribution in [0.2, 0.25) is 0 Å². The van der Waals surface area contributed by atoms with Crippen LogP contribution < -0.4 is 14.8 Å². The number of anilines is 1. The number of ether oxygens (including phenoxy) is 2. The van der Waals surface area contributed by atoms with Crippen LogP contribution in [0.5, 0.6) is 11.5 Å². The molecule has 0 saturated carbocycles. The minimum Gasteiger partial charge on any atom is -0.493 e. The van der Waals surface area contributed by atoms with Crippen molar-refractivity contribution in [3.05, 3.63) is 90.0 Å². The maximum atomic E-state index is 13.5. The van der Waals surface area contributed by atoms with Gasteiger partial charge in [0.25, 0.3) is 5.91 Å². The van der Waals surface area contributed by atoms with Crippen molar-refractivity contribution in [3.8, 4) is 11.5 Å². The van der Waals surface area contributed by atoms with E-state index < -0.39 is 6.04 Å². The van der Waals surface area contributed by atoms with Crippen molar-refractivity contribution in [3.63, 3.8) is 0 Å². The summed E-state index contributed by atoms with van der Waals surface area (Å²) in [6.45, 7) is 0.692. The van der Waals surface area contributed by atoms with E-state index in [0.29, 0.717) is 35.4 Å². The minimum atomic E-state index is -0.719. The van der Waals surface area contributed by atoms with Crippen LogP contribution in [0.4, 0.5) is 5.69 Å². The summed E-state index contributed by atoms with van der Waals surface area (Å²) in [7, 11) is 3.15. The van der Waals surface area contributed by atoms with E-state index in [9.17, 15) is 9.59 Å². The lowest BCUT2D eigenvalue weighted by Gasteiger charge is -2.24. The van der Waals surface area contributed by atoms with Gasteiger partial charge in [0, 0.05) is 12.2 Å². The van der Waals surface area contributed by atoms with E-state index in [0.717, 1.165) is 11.1 Å². The largest absolute Gasteiger partial charge is 0.493 e. The molecule has 1 atom stereocenters. The van der Waals surface area contributed by atoms with Crippen molar-refractivity contribution in [2.24, 2.45) is 0 Å². The fourth-order valence-electron chi connectivity index (χ4n) is 4.07. The molecule has 0 radical (unpaired) electrons. The average Bonchev–Trinajstić information content (AvgIpc) is 3.09. The van der Waals surface area contributed by atoms with Crippen LogP contribution >= 0.6 is 12.2 Å². The molecule has 7 nitrogen and oxygen atoms in total. The molecule has 180 valence electrons. The normalized spacial score (nSPS) is 15.3. The van der Waals surface area contributed by atoms with Gasteiger partial charge in [-0.05, 0) is 47.6 Å². The molecule has 8 heteroatoms. The standard InChI is InChI=1S/C27H27N3O4S/c1-33-23-14-13-20(15-24(23)34-2)18-29-22(16-25(31)28-21-11-7-4-8-12-21)26(32)30(27(29)35)17-19-9-5-3-6-10-19/h3-15,22H,16-18H2,1-2H3,(H,28,31)/t22-/m1/s1. The molecule has 3 aromatic carbocycles. The molecule has 1 aliphatic rings. The van der Waals surface area contributed by atoms with Gasteiger partial charge in [-0.2, -0.15) is 0 Å². The molecule has 0 unspecified atom stereocenters. The van der Waals surface area contributed by atoms with Gasteiger partial charge in [0.05, 0.1) is 27.2 Å². The van der Waals surface area contributed by atoms with Crippen LogP contribution in [-0.2, 0) is 22.7 Å². The van der Waals surface area contributed by atoms with Gasteiger partial charge in [-0.1, -0.05) is 54.6 Å². The molecule has 3 aromatic rings. The van der Waals surface area contributed by atoms with Crippen LogP contribution in [0.25, 0.3) is 0 Å². The van der Waals surface area contributed by atoms with Gasteiger partial charge < -0.3 is 19.7 Å². The molecule has 1 fully saturated rings. The highest BCUT2D eigenvalue weighted by atomic mass is 32.1. The number of benzene rings is 3. The number of nitrogens with one attached hydrogen (secondary N) is 1. The number of nitrogens with zero attached hydrogens (tertiary/aromatic N) is 2. The Morgan fingerprint density at radius 3 is 2.20 bits per heavy atom. The van der Waals surface area contributed by atoms with Gasteiger partial charge in [-0.3, -0.25) is 14.5 Å². The summed E-state index contributed by atoms with van der Waals surface area (Å²) >= 11 is 5.75. The lowest BCUT2D eigenvalue weighted by Crippen LogP contribution is -2.37. The van der Waals surface area contributed by atoms with Crippen LogP contribution in [0, 0.1) is 0 Å². The van der Waals surface area contributed by atoms with Crippen molar-refractivity contribution >= 4 is 34.8 Å². The highest BCUT2D eigenvalue weighted by Crippen LogP contribution is 2.30. The van der Waals surface area contributed by atoms with Gasteiger partial charge in [-0.25, -0.2) is 0 Å². The van der Waals surface area contributed by atoms with Crippen LogP contribution in [0.15, 0.2) is 78.9 Å². The fraction of sp³-hybridized carbons (Fsp3) is 0.222. The Bertz CT molecular complexity index is 1200. The molecule has 35 heavy (non-hydrogen) atoms. The SMILES string of the molecule is COc1ccc(CN2C(=S)N(Cc3ccccc3)C(=O)[C@H]2CC(=O)Nc2ccccc2)cc1OC. The Morgan fingerprint density at radius 2 is 1.54 bits per heavy atom. The van der Waals surface area contributed by atoms with E-state index in [4.69, 9.17) is 21.7 Å². The van der Waals surface area contributed by atoms with Gasteiger partial charge in [-0.15, -0.1) is 0 Å². The van der Waals surface area contributed by atoms with Gasteiger partial charge in [0.1, 0.15) is 6.04 Å². The second kappa shape index (κ2) is 11.0. The maximum Gasteiger partial charge on any atom is 0.252 e. The van der Waals surface area contributed by atoms with E-state index in [1.54, 1.807) is 19.1 Å². The first kappa shape index (κ1) is 24.2. The summed E-state index contributed by atoms with van der Waals surface area (Å²) in [5, 5.41) is 3.26. The molecule has 0 aromatic heterocycles. The molecule has 1 N–H and O–H groups in total. The molecular weight excluding hydrogens is 462 g/mol. The van der Waals surface area contributed by atoms with Crippen molar-refractivity contribution in [2.45, 2.75) is 25.6 Å². The second-order valence-electron chi connectivity index (χ2n) is 8.14. The van der Waals surface area contributed by atoms with Crippen LogP contribution in [0.3, 0.4) is 0 Å². The van der Waals surface area contributed by atoms with Crippen molar-refractivity contribution < 1.29 is 19.1 Å². The van der Waals surface area contributed by atoms with Crippen LogP contribution in [-0.4, -0.2) is 47.0 Å². The molecule has 0 aliphatic carbocycles. The number of rotatable bonds is 9. The highest BCUT2D eigenvalue weighted by molar-refractivity contribution is 7.80. The molecule has 2 amide bonds. The molecular formula is C27H27N3O4S. The number of carbonyl (C=O) groups excluding carboxylic acids is 2. The molecule has 4 rings (SSSR count). The highest BCUT2D eigenvalue weighted by Gasteiger charge is 2.43. The summed E-state index contributed by atoms with van der Waals surface area (Å²) in [5.41, 5.74) is 2.52. The zero-order valence-corrected chi connectivity index (χ0v) is 20.5. The number of hydrogen-bond acceptors (Lipinski definition) is 5. The minimum absolute atomic E-state index is 0.0214. The number of thiocarbonyl (C=S) groups is 1. The first-order chi connectivity index (χ1) is 17.0. The zero-order chi connectivity index (χ0) is 24.8. The summed E-state index contributed by atoms with van der Waals surface area (Å²) < 4.78 is 10.8. The maximum absolute atomic E-state index is 13.5. The molecule has 0 bridgehead atoms. The number of para-hydroxylation sites is 1. The van der Waals surface area contributed by atoms with Crippen molar-refractivity contribution in [2.75, 3.05) is 19.5 Å². The Morgan fingerprint density at radius 1 is 0.886 bits per heavy atom. The number of carbonyl (C=O) groups is 2. The topological polar surface area (TPSA) is 71.1 Å². The Hall–Kier alpha value is -3.91. The summed E-state index contributed by atoms with van der Waals surface area (Å²) in [5.74, 6) is 0.750. The number of amides is 2. The van der Waals surface area contributed by atoms with Crippen LogP contribution in [0.1, 0.15) is 17.5 Å². The first-order valence-electron chi connectivity index (χ1n) is 11.2. The summed E-state index contributed by atoms with van der Waals surface area (Å²) in [4.78, 5) is 29.8. The van der Waals surface area contributed by atoms with Crippen molar-refractivity contribution in [1.29, 1.82) is 0 Å². The lowest BCUT2D eigenvalue weighted by atomic mass is 10.1. The van der Waals surface area contributed by atoms with Gasteiger partial charge >= 0.3 is 0 Å². The number of hydrogen-bond donors (Lipinski definition) is 1. The Balaban J connectivity index is 1.59. The summed E-state index contributed by atoms with van der Waals surface area (Å²) in [6, 6.07) is 23.7. The Labute approximate surface area is 210 Å². The van der Waals surface area contributed by atoms with E-state index in [2.05, 4.69) is 5.32 Å². The smallest absolute Gasteiger partial charge is 0.252 e. The Kier molecular flexibility index (Phi) is 7.62. The third-order valence-corrected chi connectivity index (χ3v) is 6.28. The van der Waals surface area contributed by atoms with Gasteiger partial charge in [0.15, 0.2) is 16.6 Å². The molecule has 0 spiro atoms. The van der Waals surface area contributed by atoms with Gasteiger partial charge in [0.2, 0.25) is 5.91 Å². The predicted octanol–water partition coefficient (Wildman–Crippen LogP) is 4.23. The van der Waals surface area contributed by atoms with E-state index in [1.807, 2.05) is 83.8 Å². The lowest BCUT2D eigenvalue weighted by molar-refractivity contribution is -0.131. The third kappa shape index (κ3) is 5.60. The molecule has 1 heterocycles. The summed E-state index contributed by atoms with van der Waals surface area (Å²) in [6.07, 6.45) is -0.0214. The molecule has 1 aliphatic heterocycles. The molecule has 1 saturated heterocycles. The third-order valence-electron chi connectivity index (χ3n) is 5.82. The quantitative estimate of drug-likeness (QED) is 0.454. The van der Waals surface area contributed by atoms with E-state index >= 15 is 0 Å². The van der Waals surface area contributed by atoms with E-state index in [1.165, 1.54) is 0 Å². The van der Waals surface area contributed by atoms with E-state index in [-0.39, 0.29) is 18.2 Å². The van der Waals surface area contributed by atoms with Crippen molar-refractivity contribution in [1.82, 2.24) is 9.80 Å². The second-order valence-corrected chi connectivity index (χ2v) is 8.51. The first-order valence-corrected chi connectivity index (χ1v) is 11.6. The predicted molar refractivity (Wildman–Crippen MR) is 138 cm³/mol. The zero-order valence-electron chi connectivity index (χ0n) is 19.6. The fourth-order valence-corrected chi connectivity index (χ4v) is 4.41. The number of methoxy groups -OCH3 is 2. The monoisotopic (exact) mass is 489 g/mol.